The molecule has 0 saturated carbocycles. The topological polar surface area (TPSA) is 27.7 Å². The summed E-state index contributed by atoms with van der Waals surface area (Å²) < 4.78 is 16.6. The first kappa shape index (κ1) is 15.1. The first-order valence-corrected chi connectivity index (χ1v) is 6.29. The van der Waals surface area contributed by atoms with Gasteiger partial charge in [-0.1, -0.05) is 20.8 Å². The predicted molar refractivity (Wildman–Crippen MR) is 62.1 cm³/mol. The predicted octanol–water partition coefficient (Wildman–Crippen LogP) is 2.09. The highest BCUT2D eigenvalue weighted by molar-refractivity contribution is 6.13. The molecule has 89 valence electrons. The van der Waals surface area contributed by atoms with Gasteiger partial charge in [-0.25, -0.2) is 0 Å². The van der Waals surface area contributed by atoms with Crippen LogP contribution in [0.2, 0.25) is 0 Å². The van der Waals surface area contributed by atoms with Gasteiger partial charge in [0.05, 0.1) is 6.61 Å². The number of rotatable bonds is 10. The minimum atomic E-state index is -0.763. The fourth-order valence-electron chi connectivity index (χ4n) is 1.01. The van der Waals surface area contributed by atoms with Gasteiger partial charge < -0.3 is 14.2 Å². The van der Waals surface area contributed by atoms with E-state index in [1.165, 1.54) is 0 Å². The maximum Gasteiger partial charge on any atom is 0.166 e. The zero-order valence-electron chi connectivity index (χ0n) is 10.2. The van der Waals surface area contributed by atoms with Crippen molar-refractivity contribution in [3.8, 4) is 0 Å². The van der Waals surface area contributed by atoms with Gasteiger partial charge in [0.1, 0.15) is 10.2 Å². The SMILES string of the molecule is CCCOCC([Si])(OCCC)OCCC. The Morgan fingerprint density at radius 3 is 1.73 bits per heavy atom. The molecule has 0 bridgehead atoms. The van der Waals surface area contributed by atoms with Gasteiger partial charge in [0, 0.05) is 19.8 Å². The molecule has 0 heterocycles. The Labute approximate surface area is 96.9 Å². The molecule has 0 saturated heterocycles. The highest BCUT2D eigenvalue weighted by Crippen LogP contribution is 2.11. The molecule has 0 aliphatic rings. The van der Waals surface area contributed by atoms with Crippen molar-refractivity contribution in [3.05, 3.63) is 0 Å². The zero-order valence-corrected chi connectivity index (χ0v) is 11.2. The van der Waals surface area contributed by atoms with E-state index in [1.54, 1.807) is 0 Å². The van der Waals surface area contributed by atoms with Gasteiger partial charge >= 0.3 is 0 Å². The molecule has 0 atom stereocenters. The van der Waals surface area contributed by atoms with Crippen LogP contribution in [0.1, 0.15) is 40.0 Å². The quantitative estimate of drug-likeness (QED) is 0.327. The Morgan fingerprint density at radius 1 is 0.867 bits per heavy atom. The monoisotopic (exact) mass is 231 g/mol. The van der Waals surface area contributed by atoms with E-state index in [1.807, 2.05) is 0 Å². The molecule has 15 heavy (non-hydrogen) atoms. The van der Waals surface area contributed by atoms with Crippen LogP contribution in [-0.4, -0.2) is 42.1 Å². The molecule has 3 nitrogen and oxygen atoms in total. The highest BCUT2D eigenvalue weighted by Gasteiger charge is 2.25. The molecule has 0 N–H and O–H groups in total. The lowest BCUT2D eigenvalue weighted by Crippen LogP contribution is -2.42. The summed E-state index contributed by atoms with van der Waals surface area (Å²) in [7, 11) is 3.50. The number of hydrogen-bond acceptors (Lipinski definition) is 3. The van der Waals surface area contributed by atoms with E-state index in [-0.39, 0.29) is 0 Å². The molecule has 0 aliphatic heterocycles. The second-order valence-electron chi connectivity index (χ2n) is 3.50. The van der Waals surface area contributed by atoms with E-state index in [9.17, 15) is 0 Å². The second kappa shape index (κ2) is 9.33. The van der Waals surface area contributed by atoms with Crippen molar-refractivity contribution in [2.75, 3.05) is 26.4 Å². The van der Waals surface area contributed by atoms with Gasteiger partial charge in [-0.15, -0.1) is 0 Å². The van der Waals surface area contributed by atoms with E-state index in [0.717, 1.165) is 25.9 Å². The van der Waals surface area contributed by atoms with E-state index >= 15 is 0 Å². The van der Waals surface area contributed by atoms with Gasteiger partial charge in [-0.3, -0.25) is 0 Å². The summed E-state index contributed by atoms with van der Waals surface area (Å²) in [5.74, 6) is 0. The average Bonchev–Trinajstić information content (AvgIpc) is 2.24. The Morgan fingerprint density at radius 2 is 1.33 bits per heavy atom. The summed E-state index contributed by atoms with van der Waals surface area (Å²) in [6.45, 7) is 8.72. The fourth-order valence-corrected chi connectivity index (χ4v) is 1.32. The molecule has 0 aromatic rings. The average molecular weight is 231 g/mol. The highest BCUT2D eigenvalue weighted by atomic mass is 28.1. The molecule has 0 rings (SSSR count). The van der Waals surface area contributed by atoms with Gasteiger partial charge in [0.15, 0.2) is 5.41 Å². The second-order valence-corrected chi connectivity index (χ2v) is 4.26. The van der Waals surface area contributed by atoms with Crippen molar-refractivity contribution >= 4 is 10.2 Å². The Kier molecular flexibility index (Phi) is 9.39. The minimum absolute atomic E-state index is 0.428. The van der Waals surface area contributed by atoms with Crippen LogP contribution in [0, 0.1) is 0 Å². The summed E-state index contributed by atoms with van der Waals surface area (Å²) in [5, 5.41) is 0. The van der Waals surface area contributed by atoms with Gasteiger partial charge in [0.2, 0.25) is 0 Å². The van der Waals surface area contributed by atoms with Crippen LogP contribution in [0.25, 0.3) is 0 Å². The normalized spacial score (nSPS) is 12.0. The lowest BCUT2D eigenvalue weighted by molar-refractivity contribution is -0.206. The molecule has 0 aromatic heterocycles. The lowest BCUT2D eigenvalue weighted by atomic mass is 10.5. The van der Waals surface area contributed by atoms with Crippen molar-refractivity contribution in [3.63, 3.8) is 0 Å². The van der Waals surface area contributed by atoms with Crippen LogP contribution >= 0.6 is 0 Å². The maximum atomic E-state index is 5.59. The Hall–Kier alpha value is 0.0969. The summed E-state index contributed by atoms with van der Waals surface area (Å²) in [4.78, 5) is 0. The van der Waals surface area contributed by atoms with Gasteiger partial charge in [0.25, 0.3) is 0 Å². The Bertz CT molecular complexity index is 134. The smallest absolute Gasteiger partial charge is 0.166 e. The summed E-state index contributed by atoms with van der Waals surface area (Å²) in [5.41, 5.74) is -0.763. The van der Waals surface area contributed by atoms with Crippen molar-refractivity contribution < 1.29 is 14.2 Å². The van der Waals surface area contributed by atoms with E-state index in [4.69, 9.17) is 14.2 Å². The lowest BCUT2D eigenvalue weighted by Gasteiger charge is -2.29. The molecule has 0 unspecified atom stereocenters. The molecule has 0 spiro atoms. The molecule has 3 radical (unpaired) electrons. The standard InChI is InChI=1S/C11H23O3Si/c1-4-7-12-10-11(15,13-8-5-2)14-9-6-3/h4-10H2,1-3H3. The molecule has 0 amide bonds. The van der Waals surface area contributed by atoms with Crippen LogP contribution in [-0.2, 0) is 14.2 Å². The Balaban J connectivity index is 3.89. The molecule has 0 aliphatic carbocycles. The third-order valence-corrected chi connectivity index (χ3v) is 2.15. The van der Waals surface area contributed by atoms with Crippen LogP contribution in [0.5, 0.6) is 0 Å². The van der Waals surface area contributed by atoms with Crippen LogP contribution in [0.15, 0.2) is 0 Å². The zero-order chi connectivity index (χ0) is 11.6. The van der Waals surface area contributed by atoms with Crippen molar-refractivity contribution in [1.29, 1.82) is 0 Å². The maximum absolute atomic E-state index is 5.59. The third kappa shape index (κ3) is 7.96. The van der Waals surface area contributed by atoms with Crippen LogP contribution in [0.4, 0.5) is 0 Å². The van der Waals surface area contributed by atoms with Crippen LogP contribution < -0.4 is 0 Å². The van der Waals surface area contributed by atoms with E-state index in [0.29, 0.717) is 19.8 Å². The van der Waals surface area contributed by atoms with Crippen LogP contribution in [0.3, 0.4) is 0 Å². The fraction of sp³-hybridized carbons (Fsp3) is 1.00. The molecular formula is C11H23O3Si. The molecule has 0 aromatic carbocycles. The number of ether oxygens (including phenoxy) is 3. The third-order valence-electron chi connectivity index (χ3n) is 1.72. The van der Waals surface area contributed by atoms with Gasteiger partial charge in [-0.2, -0.15) is 0 Å². The van der Waals surface area contributed by atoms with E-state index < -0.39 is 5.41 Å². The first-order chi connectivity index (χ1) is 7.18. The van der Waals surface area contributed by atoms with E-state index in [2.05, 4.69) is 31.0 Å². The van der Waals surface area contributed by atoms with Crippen molar-refractivity contribution in [1.82, 2.24) is 0 Å². The summed E-state index contributed by atoms with van der Waals surface area (Å²) in [6, 6.07) is 0. The summed E-state index contributed by atoms with van der Waals surface area (Å²) in [6.07, 6.45) is 2.94. The first-order valence-electron chi connectivity index (χ1n) is 5.79. The summed E-state index contributed by atoms with van der Waals surface area (Å²) >= 11 is 0. The van der Waals surface area contributed by atoms with Crippen molar-refractivity contribution in [2.45, 2.75) is 45.4 Å². The minimum Gasteiger partial charge on any atom is -0.376 e. The molecular weight excluding hydrogens is 208 g/mol. The van der Waals surface area contributed by atoms with Gasteiger partial charge in [-0.05, 0) is 19.3 Å². The molecule has 0 fully saturated rings. The molecule has 4 heteroatoms. The number of hydrogen-bond donors (Lipinski definition) is 0. The van der Waals surface area contributed by atoms with Crippen molar-refractivity contribution in [2.24, 2.45) is 0 Å². The largest absolute Gasteiger partial charge is 0.376 e.